The average Bonchev–Trinajstić information content (AvgIpc) is 3.48. The Hall–Kier alpha value is -1.80. The second kappa shape index (κ2) is 11.3. The Balaban J connectivity index is 0.00000137. The fraction of sp³-hybridized carbons (Fsp3) is 0.0968. The molecule has 0 heterocycles. The minimum atomic E-state index is -2.36. The Kier molecular flexibility index (Phi) is 8.40. The van der Waals surface area contributed by atoms with Gasteiger partial charge in [-0.15, -0.1) is 0 Å². The van der Waals surface area contributed by atoms with Crippen LogP contribution in [0.5, 0.6) is 0 Å². The van der Waals surface area contributed by atoms with Crippen LogP contribution in [-0.2, 0) is 21.8 Å². The summed E-state index contributed by atoms with van der Waals surface area (Å²) in [7, 11) is 0. The van der Waals surface area contributed by atoms with Gasteiger partial charge < -0.3 is 34.0 Å². The number of fused-ring (bicyclic) bond motifs is 2. The van der Waals surface area contributed by atoms with Crippen LogP contribution in [0.1, 0.15) is 44.3 Å². The number of halogens is 2. The van der Waals surface area contributed by atoms with E-state index in [9.17, 15) is 0 Å². The number of hydrogen-bond donors (Lipinski definition) is 0. The summed E-state index contributed by atoms with van der Waals surface area (Å²) in [5, 5.41) is 0. The van der Waals surface area contributed by atoms with Crippen LogP contribution >= 0.6 is 0 Å². The Morgan fingerprint density at radius 1 is 0.471 bits per heavy atom. The largest absolute Gasteiger partial charge is 1.00 e. The Morgan fingerprint density at radius 3 is 1.29 bits per heavy atom. The Labute approximate surface area is 231 Å². The molecule has 4 aromatic carbocycles. The van der Waals surface area contributed by atoms with Crippen LogP contribution in [0.25, 0.3) is 12.2 Å². The molecule has 0 saturated heterocycles. The summed E-state index contributed by atoms with van der Waals surface area (Å²) >= 11 is -2.36. The molecule has 3 heteroatoms. The summed E-state index contributed by atoms with van der Waals surface area (Å²) in [5.74, 6) is 0. The molecule has 0 aromatic heterocycles. The van der Waals surface area contributed by atoms with Crippen LogP contribution in [0.2, 0.25) is 0 Å². The van der Waals surface area contributed by atoms with Crippen molar-refractivity contribution in [2.45, 2.75) is 10.9 Å². The van der Waals surface area contributed by atoms with E-state index in [1.807, 2.05) is 0 Å². The van der Waals surface area contributed by atoms with Crippen molar-refractivity contribution in [1.29, 1.82) is 0 Å². The standard InChI is InChI=1S/C13H11.2C9H7.2BrH.Zr/c1-3-7-12(8-4-1)11-13-9-5-2-6-10-13;2*1-2-5-9-7-3-6-8(9)4-1;;;/h1-11H;2*1-7H;2*1H;/q;;;;;+2/p-2. The summed E-state index contributed by atoms with van der Waals surface area (Å²) in [6, 6.07) is 40.6. The van der Waals surface area contributed by atoms with Gasteiger partial charge in [-0.25, -0.2) is 0 Å². The van der Waals surface area contributed by atoms with Crippen molar-refractivity contribution in [3.8, 4) is 0 Å². The molecule has 0 radical (unpaired) electrons. The molecular formula is C31H25Br2Zr. The minimum Gasteiger partial charge on any atom is -1.00 e. The average molecular weight is 649 g/mol. The zero-order valence-electron chi connectivity index (χ0n) is 18.7. The first-order chi connectivity index (χ1) is 15.9. The van der Waals surface area contributed by atoms with Gasteiger partial charge in [0.2, 0.25) is 0 Å². The Morgan fingerprint density at radius 2 is 0.853 bits per heavy atom. The van der Waals surface area contributed by atoms with E-state index in [0.29, 0.717) is 10.9 Å². The van der Waals surface area contributed by atoms with Crippen molar-refractivity contribution in [2.75, 3.05) is 0 Å². The number of hydrogen-bond acceptors (Lipinski definition) is 0. The van der Waals surface area contributed by atoms with Crippen molar-refractivity contribution in [2.24, 2.45) is 0 Å². The van der Waals surface area contributed by atoms with E-state index in [4.69, 9.17) is 0 Å². The molecule has 0 aliphatic heterocycles. The molecule has 0 fully saturated rings. The van der Waals surface area contributed by atoms with Gasteiger partial charge in [-0.2, -0.15) is 0 Å². The molecule has 2 aliphatic carbocycles. The first-order valence-electron chi connectivity index (χ1n) is 11.4. The molecule has 167 valence electrons. The van der Waals surface area contributed by atoms with Gasteiger partial charge in [0, 0.05) is 0 Å². The molecule has 2 unspecified atom stereocenters. The van der Waals surface area contributed by atoms with E-state index < -0.39 is 21.8 Å². The summed E-state index contributed by atoms with van der Waals surface area (Å²) < 4.78 is 1.60. The SMILES string of the molecule is C1=C[CH]([Zr+2]([CH]2C=Cc3ccccc32)[CH](c2ccccc2)c2ccccc2)c2ccccc21.[Br-].[Br-]. The van der Waals surface area contributed by atoms with E-state index in [-0.39, 0.29) is 34.0 Å². The number of allylic oxidation sites excluding steroid dienone is 2. The molecule has 6 rings (SSSR count). The fourth-order valence-corrected chi connectivity index (χ4v) is 15.7. The van der Waals surface area contributed by atoms with Crippen molar-refractivity contribution in [3.05, 3.63) is 155 Å². The molecule has 2 aliphatic rings. The maximum atomic E-state index is 2.53. The zero-order chi connectivity index (χ0) is 21.3. The van der Waals surface area contributed by atoms with Crippen molar-refractivity contribution >= 4 is 12.2 Å². The van der Waals surface area contributed by atoms with Crippen molar-refractivity contribution in [1.82, 2.24) is 0 Å². The number of benzene rings is 4. The summed E-state index contributed by atoms with van der Waals surface area (Å²) in [4.78, 5) is 0. The van der Waals surface area contributed by atoms with E-state index in [0.717, 1.165) is 0 Å². The molecule has 4 aromatic rings. The van der Waals surface area contributed by atoms with Gasteiger partial charge in [0.05, 0.1) is 0 Å². The summed E-state index contributed by atoms with van der Waals surface area (Å²) in [6.07, 6.45) is 9.82. The third-order valence-corrected chi connectivity index (χ3v) is 16.2. The van der Waals surface area contributed by atoms with Crippen LogP contribution in [0.4, 0.5) is 0 Å². The first-order valence-corrected chi connectivity index (χ1v) is 15.7. The molecule has 0 bridgehead atoms. The Bertz CT molecular complexity index is 1200. The molecule has 0 amide bonds. The quantitative estimate of drug-likeness (QED) is 0.311. The van der Waals surface area contributed by atoms with Gasteiger partial charge >= 0.3 is 200 Å². The maximum absolute atomic E-state index is 2.53. The summed E-state index contributed by atoms with van der Waals surface area (Å²) in [5.41, 5.74) is 8.84. The van der Waals surface area contributed by atoms with Gasteiger partial charge in [-0.05, 0) is 0 Å². The third kappa shape index (κ3) is 4.68. The van der Waals surface area contributed by atoms with Gasteiger partial charge in [-0.1, -0.05) is 0 Å². The van der Waals surface area contributed by atoms with E-state index in [1.165, 1.54) is 33.4 Å². The normalized spacial score (nSPS) is 17.0. The van der Waals surface area contributed by atoms with Gasteiger partial charge in [0.25, 0.3) is 0 Å². The molecule has 2 atom stereocenters. The van der Waals surface area contributed by atoms with Crippen LogP contribution in [0, 0.1) is 0 Å². The third-order valence-electron chi connectivity index (χ3n) is 6.92. The monoisotopic (exact) mass is 645 g/mol. The fourth-order valence-electron chi connectivity index (χ4n) is 5.50. The maximum Gasteiger partial charge on any atom is -1.00 e. The van der Waals surface area contributed by atoms with Gasteiger partial charge in [0.15, 0.2) is 0 Å². The van der Waals surface area contributed by atoms with Crippen molar-refractivity contribution < 1.29 is 55.7 Å². The van der Waals surface area contributed by atoms with Gasteiger partial charge in [0.1, 0.15) is 0 Å². The van der Waals surface area contributed by atoms with Crippen LogP contribution in [-0.4, -0.2) is 0 Å². The predicted molar refractivity (Wildman–Crippen MR) is 131 cm³/mol. The van der Waals surface area contributed by atoms with E-state index in [2.05, 4.69) is 133 Å². The van der Waals surface area contributed by atoms with Crippen LogP contribution in [0.3, 0.4) is 0 Å². The first kappa shape index (κ1) is 25.3. The second-order valence-corrected chi connectivity index (χ2v) is 15.6. The van der Waals surface area contributed by atoms with Crippen molar-refractivity contribution in [3.63, 3.8) is 0 Å². The van der Waals surface area contributed by atoms with Gasteiger partial charge in [-0.3, -0.25) is 0 Å². The zero-order valence-corrected chi connectivity index (χ0v) is 24.3. The molecule has 34 heavy (non-hydrogen) atoms. The smallest absolute Gasteiger partial charge is 1.00 e. The number of rotatable bonds is 5. The predicted octanol–water partition coefficient (Wildman–Crippen LogP) is 1.94. The molecule has 0 N–H and O–H groups in total. The van der Waals surface area contributed by atoms with E-state index in [1.54, 1.807) is 0 Å². The van der Waals surface area contributed by atoms with Crippen LogP contribution in [0.15, 0.2) is 121 Å². The molecule has 0 nitrogen and oxygen atoms in total. The molecule has 0 spiro atoms. The van der Waals surface area contributed by atoms with Crippen LogP contribution < -0.4 is 34.0 Å². The minimum absolute atomic E-state index is 0. The molecule has 0 saturated carbocycles. The summed E-state index contributed by atoms with van der Waals surface area (Å²) in [6.45, 7) is 0. The second-order valence-electron chi connectivity index (χ2n) is 8.69. The molecular weight excluding hydrogens is 623 g/mol. The van der Waals surface area contributed by atoms with E-state index >= 15 is 0 Å². The topological polar surface area (TPSA) is 0 Å².